The van der Waals surface area contributed by atoms with Crippen LogP contribution < -0.4 is 5.32 Å². The van der Waals surface area contributed by atoms with Gasteiger partial charge in [0.1, 0.15) is 6.07 Å². The molecule has 2 rings (SSSR count). The van der Waals surface area contributed by atoms with Crippen LogP contribution in [0.2, 0.25) is 0 Å². The normalized spacial score (nSPS) is 11.7. The lowest BCUT2D eigenvalue weighted by Crippen LogP contribution is -2.29. The van der Waals surface area contributed by atoms with Crippen molar-refractivity contribution < 1.29 is 14.3 Å². The zero-order valence-corrected chi connectivity index (χ0v) is 13.2. The number of para-hydroxylation sites is 1. The average molecular weight is 326 g/mol. The summed E-state index contributed by atoms with van der Waals surface area (Å²) in [5.74, 6) is -1.10. The van der Waals surface area contributed by atoms with Crippen molar-refractivity contribution in [1.82, 2.24) is 0 Å². The molecule has 6 heteroatoms. The number of hydrogen-bond donors (Lipinski definition) is 1. The third-order valence-corrected chi connectivity index (χ3v) is 3.73. The first-order chi connectivity index (χ1) is 11.1. The van der Waals surface area contributed by atoms with Gasteiger partial charge in [-0.1, -0.05) is 18.2 Å². The quantitative estimate of drug-likeness (QED) is 0.676. The molecule has 116 valence electrons. The molecule has 0 aliphatic heterocycles. The number of rotatable bonds is 5. The van der Waals surface area contributed by atoms with Gasteiger partial charge in [-0.3, -0.25) is 4.79 Å². The van der Waals surface area contributed by atoms with E-state index in [1.165, 1.54) is 24.3 Å². The molecule has 23 heavy (non-hydrogen) atoms. The summed E-state index contributed by atoms with van der Waals surface area (Å²) in [6.45, 7) is 1.47. The van der Waals surface area contributed by atoms with Gasteiger partial charge in [-0.2, -0.15) is 5.26 Å². The van der Waals surface area contributed by atoms with Gasteiger partial charge in [-0.05, 0) is 36.6 Å². The second-order valence-corrected chi connectivity index (χ2v) is 5.55. The predicted octanol–water partition coefficient (Wildman–Crippen LogP) is 3.20. The van der Waals surface area contributed by atoms with E-state index in [0.717, 1.165) is 4.88 Å². The summed E-state index contributed by atoms with van der Waals surface area (Å²) < 4.78 is 5.04. The van der Waals surface area contributed by atoms with Gasteiger partial charge in [0.15, 0.2) is 6.10 Å². The number of thiophene rings is 1. The standard InChI is InChI=1S/C17H14N2O3S/c1-12(22-16(20)9-8-14-6-4-10-23-14)17(21)19-15-7-3-2-5-13(15)11-18/h2-10,12H,1H3,(H,19,21)/b9-8+/t12-/m0/s1. The Labute approximate surface area is 137 Å². The van der Waals surface area contributed by atoms with Crippen LogP contribution in [0.1, 0.15) is 17.4 Å². The summed E-state index contributed by atoms with van der Waals surface area (Å²) in [4.78, 5) is 24.6. The lowest BCUT2D eigenvalue weighted by Gasteiger charge is -2.13. The number of carbonyl (C=O) groups excluding carboxylic acids is 2. The molecule has 1 heterocycles. The van der Waals surface area contributed by atoms with Gasteiger partial charge in [-0.25, -0.2) is 4.79 Å². The molecule has 0 aliphatic rings. The average Bonchev–Trinajstić information content (AvgIpc) is 3.06. The summed E-state index contributed by atoms with van der Waals surface area (Å²) in [5, 5.41) is 13.5. The maximum atomic E-state index is 12.0. The van der Waals surface area contributed by atoms with E-state index in [9.17, 15) is 9.59 Å². The fourth-order valence-electron chi connectivity index (χ4n) is 1.73. The molecule has 0 spiro atoms. The smallest absolute Gasteiger partial charge is 0.331 e. The largest absolute Gasteiger partial charge is 0.449 e. The van der Waals surface area contributed by atoms with Gasteiger partial charge >= 0.3 is 5.97 Å². The van der Waals surface area contributed by atoms with E-state index >= 15 is 0 Å². The second-order valence-electron chi connectivity index (χ2n) is 4.57. The van der Waals surface area contributed by atoms with Gasteiger partial charge in [-0.15, -0.1) is 11.3 Å². The Hall–Kier alpha value is -2.91. The zero-order valence-electron chi connectivity index (χ0n) is 12.4. The van der Waals surface area contributed by atoms with Crippen molar-refractivity contribution in [1.29, 1.82) is 5.26 Å². The number of esters is 1. The Morgan fingerprint density at radius 2 is 2.09 bits per heavy atom. The molecule has 0 aliphatic carbocycles. The molecular formula is C17H14N2O3S. The number of hydrogen-bond acceptors (Lipinski definition) is 5. The third kappa shape index (κ3) is 4.80. The SMILES string of the molecule is C[C@H](OC(=O)/C=C/c1cccs1)C(=O)Nc1ccccc1C#N. The lowest BCUT2D eigenvalue weighted by atomic mass is 10.2. The number of nitrogens with zero attached hydrogens (tertiary/aromatic N) is 1. The molecule has 1 aromatic heterocycles. The van der Waals surface area contributed by atoms with Crippen LogP contribution in [0.3, 0.4) is 0 Å². The number of nitriles is 1. The van der Waals surface area contributed by atoms with Crippen LogP contribution >= 0.6 is 11.3 Å². The number of anilines is 1. The van der Waals surface area contributed by atoms with Gasteiger partial charge in [0.25, 0.3) is 5.91 Å². The molecule has 0 fully saturated rings. The zero-order chi connectivity index (χ0) is 16.7. The maximum Gasteiger partial charge on any atom is 0.331 e. The van der Waals surface area contributed by atoms with Crippen molar-refractivity contribution in [3.63, 3.8) is 0 Å². The molecule has 1 amide bonds. The topological polar surface area (TPSA) is 79.2 Å². The highest BCUT2D eigenvalue weighted by Crippen LogP contribution is 2.14. The van der Waals surface area contributed by atoms with Crippen LogP contribution in [0.25, 0.3) is 6.08 Å². The lowest BCUT2D eigenvalue weighted by molar-refractivity contribution is -0.148. The Bertz CT molecular complexity index is 760. The first-order valence-corrected chi connectivity index (χ1v) is 7.70. The highest BCUT2D eigenvalue weighted by atomic mass is 32.1. The fourth-order valence-corrected chi connectivity index (χ4v) is 2.35. The summed E-state index contributed by atoms with van der Waals surface area (Å²) >= 11 is 1.49. The van der Waals surface area contributed by atoms with E-state index in [1.54, 1.807) is 30.3 Å². The van der Waals surface area contributed by atoms with Crippen LogP contribution in [0, 0.1) is 11.3 Å². The second kappa shape index (κ2) is 7.92. The summed E-state index contributed by atoms with van der Waals surface area (Å²) in [5.41, 5.74) is 0.731. The number of amides is 1. The van der Waals surface area contributed by atoms with Crippen molar-refractivity contribution in [3.05, 3.63) is 58.3 Å². The Morgan fingerprint density at radius 3 is 2.78 bits per heavy atom. The number of benzene rings is 1. The predicted molar refractivity (Wildman–Crippen MR) is 88.7 cm³/mol. The molecule has 0 bridgehead atoms. The maximum absolute atomic E-state index is 12.0. The van der Waals surface area contributed by atoms with Crippen molar-refractivity contribution in [2.45, 2.75) is 13.0 Å². The number of nitrogens with one attached hydrogen (secondary N) is 1. The van der Waals surface area contributed by atoms with Gasteiger partial charge in [0.05, 0.1) is 11.3 Å². The van der Waals surface area contributed by atoms with Crippen LogP contribution in [0.4, 0.5) is 5.69 Å². The van der Waals surface area contributed by atoms with Crippen LogP contribution in [0.15, 0.2) is 47.9 Å². The van der Waals surface area contributed by atoms with Crippen molar-refractivity contribution in [2.75, 3.05) is 5.32 Å². The highest BCUT2D eigenvalue weighted by Gasteiger charge is 2.17. The Morgan fingerprint density at radius 1 is 1.30 bits per heavy atom. The van der Waals surface area contributed by atoms with Crippen LogP contribution in [-0.2, 0) is 14.3 Å². The Balaban J connectivity index is 1.92. The van der Waals surface area contributed by atoms with Gasteiger partial charge < -0.3 is 10.1 Å². The van der Waals surface area contributed by atoms with Crippen molar-refractivity contribution in [3.8, 4) is 6.07 Å². The fraction of sp³-hybridized carbons (Fsp3) is 0.118. The van der Waals surface area contributed by atoms with Crippen molar-refractivity contribution >= 4 is 35.0 Å². The molecular weight excluding hydrogens is 312 g/mol. The van der Waals surface area contributed by atoms with E-state index in [4.69, 9.17) is 10.00 Å². The monoisotopic (exact) mass is 326 g/mol. The molecule has 1 N–H and O–H groups in total. The molecule has 0 saturated heterocycles. The molecule has 2 aromatic rings. The molecule has 1 aromatic carbocycles. The molecule has 0 radical (unpaired) electrons. The van der Waals surface area contributed by atoms with Gasteiger partial charge in [0.2, 0.25) is 0 Å². The van der Waals surface area contributed by atoms with Crippen LogP contribution in [0.5, 0.6) is 0 Å². The first kappa shape index (κ1) is 16.5. The molecule has 1 atom stereocenters. The highest BCUT2D eigenvalue weighted by molar-refractivity contribution is 7.10. The van der Waals surface area contributed by atoms with E-state index in [-0.39, 0.29) is 0 Å². The van der Waals surface area contributed by atoms with E-state index in [2.05, 4.69) is 5.32 Å². The first-order valence-electron chi connectivity index (χ1n) is 6.82. The van der Waals surface area contributed by atoms with E-state index in [0.29, 0.717) is 11.3 Å². The van der Waals surface area contributed by atoms with Crippen molar-refractivity contribution in [2.24, 2.45) is 0 Å². The molecule has 0 unspecified atom stereocenters. The van der Waals surface area contributed by atoms with Crippen LogP contribution in [-0.4, -0.2) is 18.0 Å². The third-order valence-electron chi connectivity index (χ3n) is 2.89. The summed E-state index contributed by atoms with van der Waals surface area (Å²) in [6, 6.07) is 12.3. The minimum absolute atomic E-state index is 0.344. The number of ether oxygens (including phenoxy) is 1. The minimum Gasteiger partial charge on any atom is -0.449 e. The van der Waals surface area contributed by atoms with E-state index < -0.39 is 18.0 Å². The summed E-state index contributed by atoms with van der Waals surface area (Å²) in [7, 11) is 0. The number of carbonyl (C=O) groups is 2. The van der Waals surface area contributed by atoms with Gasteiger partial charge in [0, 0.05) is 11.0 Å². The minimum atomic E-state index is -0.970. The molecule has 5 nitrogen and oxygen atoms in total. The van der Waals surface area contributed by atoms with E-state index in [1.807, 2.05) is 23.6 Å². The molecule has 0 saturated carbocycles. The Kier molecular flexibility index (Phi) is 5.67. The summed E-state index contributed by atoms with van der Waals surface area (Å²) in [6.07, 6.45) is 1.93.